The Morgan fingerprint density at radius 2 is 2.43 bits per heavy atom. The summed E-state index contributed by atoms with van der Waals surface area (Å²) >= 11 is 0. The van der Waals surface area contributed by atoms with Crippen molar-refractivity contribution in [1.29, 1.82) is 0 Å². The molecule has 1 rings (SSSR count). The van der Waals surface area contributed by atoms with Crippen LogP contribution in [-0.4, -0.2) is 46.0 Å². The van der Waals surface area contributed by atoms with Gasteiger partial charge in [0.2, 0.25) is 0 Å². The van der Waals surface area contributed by atoms with Crippen LogP contribution in [0.15, 0.2) is 12.3 Å². The van der Waals surface area contributed by atoms with E-state index < -0.39 is 6.10 Å². The van der Waals surface area contributed by atoms with E-state index in [0.717, 1.165) is 6.54 Å². The number of nitrogens with two attached hydrogens (primary N) is 1. The summed E-state index contributed by atoms with van der Waals surface area (Å²) in [4.78, 5) is 2.05. The van der Waals surface area contributed by atoms with E-state index in [0.29, 0.717) is 18.9 Å². The van der Waals surface area contributed by atoms with Gasteiger partial charge in [0.25, 0.3) is 0 Å². The molecule has 14 heavy (non-hydrogen) atoms. The van der Waals surface area contributed by atoms with Gasteiger partial charge in [-0.1, -0.05) is 6.92 Å². The molecule has 0 saturated carbocycles. The minimum atomic E-state index is -0.403. The monoisotopic (exact) mass is 198 g/mol. The number of aliphatic hydroxyl groups excluding tert-OH is 1. The van der Waals surface area contributed by atoms with E-state index in [4.69, 9.17) is 5.73 Å². The number of rotatable bonds is 5. The predicted molar refractivity (Wildman–Crippen MR) is 55.8 cm³/mol. The molecule has 0 amide bonds. The summed E-state index contributed by atoms with van der Waals surface area (Å²) in [6.07, 6.45) is 1.36. The second kappa shape index (κ2) is 4.97. The number of hydrogen-bond acceptors (Lipinski definition) is 4. The van der Waals surface area contributed by atoms with Crippen LogP contribution < -0.4 is 5.73 Å². The highest BCUT2D eigenvalue weighted by Crippen LogP contribution is 1.98. The van der Waals surface area contributed by atoms with Crippen LogP contribution in [0.1, 0.15) is 6.92 Å². The molecule has 0 fully saturated rings. The second-order valence-corrected chi connectivity index (χ2v) is 3.47. The van der Waals surface area contributed by atoms with Crippen LogP contribution in [0.3, 0.4) is 0 Å². The van der Waals surface area contributed by atoms with Crippen LogP contribution in [-0.2, 0) is 6.54 Å². The van der Waals surface area contributed by atoms with Crippen molar-refractivity contribution < 1.29 is 5.11 Å². The zero-order valence-corrected chi connectivity index (χ0v) is 8.72. The van der Waals surface area contributed by atoms with E-state index in [1.165, 1.54) is 0 Å². The average molecular weight is 198 g/mol. The van der Waals surface area contributed by atoms with Crippen LogP contribution in [0, 0.1) is 0 Å². The van der Waals surface area contributed by atoms with Crippen LogP contribution in [0.2, 0.25) is 0 Å². The lowest BCUT2D eigenvalue weighted by molar-refractivity contribution is 0.108. The van der Waals surface area contributed by atoms with Gasteiger partial charge in [-0.25, -0.2) is 0 Å². The first-order valence-electron chi connectivity index (χ1n) is 4.77. The zero-order valence-electron chi connectivity index (χ0n) is 8.72. The molecule has 0 bridgehead atoms. The molecule has 0 aromatic carbocycles. The molecular formula is C9H18N4O. The Labute approximate surface area is 84.1 Å². The van der Waals surface area contributed by atoms with Crippen molar-refractivity contribution in [2.75, 3.05) is 25.9 Å². The number of nitrogen functional groups attached to an aromatic ring is 1. The summed E-state index contributed by atoms with van der Waals surface area (Å²) in [6.45, 7) is 4.12. The van der Waals surface area contributed by atoms with Crippen LogP contribution in [0.5, 0.6) is 0 Å². The van der Waals surface area contributed by atoms with Crippen molar-refractivity contribution in [3.63, 3.8) is 0 Å². The fourth-order valence-corrected chi connectivity index (χ4v) is 1.24. The van der Waals surface area contributed by atoms with Crippen molar-refractivity contribution in [3.8, 4) is 0 Å². The van der Waals surface area contributed by atoms with E-state index in [1.54, 1.807) is 16.9 Å². The maximum absolute atomic E-state index is 9.67. The SMILES string of the molecule is CCN(C)CC(O)Cn1ccc(N)n1. The topological polar surface area (TPSA) is 67.3 Å². The minimum absolute atomic E-state index is 0.403. The number of nitrogens with zero attached hydrogens (tertiary/aromatic N) is 3. The highest BCUT2D eigenvalue weighted by Gasteiger charge is 2.08. The molecular weight excluding hydrogens is 180 g/mol. The van der Waals surface area contributed by atoms with Gasteiger partial charge in [0, 0.05) is 12.7 Å². The Kier molecular flexibility index (Phi) is 3.91. The Morgan fingerprint density at radius 1 is 1.71 bits per heavy atom. The molecule has 0 radical (unpaired) electrons. The third-order valence-electron chi connectivity index (χ3n) is 2.12. The molecule has 0 aliphatic heterocycles. The summed E-state index contributed by atoms with van der Waals surface area (Å²) in [5, 5.41) is 13.7. The van der Waals surface area contributed by atoms with Gasteiger partial charge in [0.15, 0.2) is 0 Å². The first-order valence-corrected chi connectivity index (χ1v) is 4.77. The molecule has 1 aromatic rings. The fourth-order valence-electron chi connectivity index (χ4n) is 1.24. The van der Waals surface area contributed by atoms with Gasteiger partial charge in [-0.2, -0.15) is 5.10 Å². The number of aliphatic hydroxyl groups is 1. The van der Waals surface area contributed by atoms with Crippen LogP contribution in [0.25, 0.3) is 0 Å². The molecule has 1 heterocycles. The summed E-state index contributed by atoms with van der Waals surface area (Å²) in [7, 11) is 1.97. The van der Waals surface area contributed by atoms with Gasteiger partial charge in [0.05, 0.1) is 12.6 Å². The highest BCUT2D eigenvalue weighted by molar-refractivity contribution is 5.23. The average Bonchev–Trinajstić information content (AvgIpc) is 2.50. The molecule has 1 unspecified atom stereocenters. The van der Waals surface area contributed by atoms with Gasteiger partial charge in [0.1, 0.15) is 5.82 Å². The van der Waals surface area contributed by atoms with Gasteiger partial charge >= 0.3 is 0 Å². The van der Waals surface area contributed by atoms with E-state index >= 15 is 0 Å². The van der Waals surface area contributed by atoms with Crippen molar-refractivity contribution in [3.05, 3.63) is 12.3 Å². The summed E-state index contributed by atoms with van der Waals surface area (Å²) in [5.74, 6) is 0.487. The lowest BCUT2D eigenvalue weighted by atomic mass is 10.3. The van der Waals surface area contributed by atoms with Crippen molar-refractivity contribution in [1.82, 2.24) is 14.7 Å². The molecule has 0 aliphatic rings. The predicted octanol–water partition coefficient (Wildman–Crippen LogP) is -0.222. The van der Waals surface area contributed by atoms with Gasteiger partial charge in [-0.05, 0) is 19.7 Å². The largest absolute Gasteiger partial charge is 0.390 e. The van der Waals surface area contributed by atoms with Crippen molar-refractivity contribution in [2.45, 2.75) is 19.6 Å². The third-order valence-corrected chi connectivity index (χ3v) is 2.12. The number of aromatic nitrogens is 2. The van der Waals surface area contributed by atoms with E-state index in [2.05, 4.69) is 16.9 Å². The lowest BCUT2D eigenvalue weighted by Crippen LogP contribution is -2.32. The number of likely N-dealkylation sites (N-methyl/N-ethyl adjacent to an activating group) is 1. The fraction of sp³-hybridized carbons (Fsp3) is 0.667. The van der Waals surface area contributed by atoms with Gasteiger partial charge < -0.3 is 15.7 Å². The highest BCUT2D eigenvalue weighted by atomic mass is 16.3. The summed E-state index contributed by atoms with van der Waals surface area (Å²) in [5.41, 5.74) is 5.46. The zero-order chi connectivity index (χ0) is 10.6. The molecule has 5 heteroatoms. The first kappa shape index (κ1) is 11.0. The summed E-state index contributed by atoms with van der Waals surface area (Å²) < 4.78 is 1.66. The Hall–Kier alpha value is -1.07. The van der Waals surface area contributed by atoms with E-state index in [-0.39, 0.29) is 0 Å². The van der Waals surface area contributed by atoms with Crippen molar-refractivity contribution in [2.24, 2.45) is 0 Å². The molecule has 0 spiro atoms. The Balaban J connectivity index is 2.37. The van der Waals surface area contributed by atoms with Crippen LogP contribution >= 0.6 is 0 Å². The maximum atomic E-state index is 9.67. The quantitative estimate of drug-likeness (QED) is 0.686. The molecule has 80 valence electrons. The van der Waals surface area contributed by atoms with Gasteiger partial charge in [-0.3, -0.25) is 4.68 Å². The summed E-state index contributed by atoms with van der Waals surface area (Å²) in [6, 6.07) is 1.72. The van der Waals surface area contributed by atoms with Gasteiger partial charge in [-0.15, -0.1) is 0 Å². The molecule has 5 nitrogen and oxygen atoms in total. The molecule has 0 aliphatic carbocycles. The van der Waals surface area contributed by atoms with Crippen LogP contribution in [0.4, 0.5) is 5.82 Å². The maximum Gasteiger partial charge on any atom is 0.145 e. The van der Waals surface area contributed by atoms with E-state index in [9.17, 15) is 5.11 Å². The normalized spacial score (nSPS) is 13.4. The minimum Gasteiger partial charge on any atom is -0.390 e. The number of hydrogen-bond donors (Lipinski definition) is 2. The second-order valence-electron chi connectivity index (χ2n) is 3.47. The molecule has 0 saturated heterocycles. The Bertz CT molecular complexity index is 274. The standard InChI is InChI=1S/C9H18N4O/c1-3-12(2)6-8(14)7-13-5-4-9(10)11-13/h4-5,8,14H,3,6-7H2,1-2H3,(H2,10,11). The Morgan fingerprint density at radius 3 is 2.93 bits per heavy atom. The van der Waals surface area contributed by atoms with Crippen molar-refractivity contribution >= 4 is 5.82 Å². The lowest BCUT2D eigenvalue weighted by Gasteiger charge is -2.18. The molecule has 3 N–H and O–H groups in total. The smallest absolute Gasteiger partial charge is 0.145 e. The molecule has 1 aromatic heterocycles. The number of anilines is 1. The molecule has 1 atom stereocenters. The third kappa shape index (κ3) is 3.35. The van der Waals surface area contributed by atoms with E-state index in [1.807, 2.05) is 7.05 Å². The first-order chi connectivity index (χ1) is 6.61.